The smallest absolute Gasteiger partial charge is 0.455 e. The molecule has 0 radical (unpaired) electrons. The van der Waals surface area contributed by atoms with E-state index >= 15 is 9.59 Å². The number of amides is 1. The first-order chi connectivity index (χ1) is 38.2. The van der Waals surface area contributed by atoms with Crippen molar-refractivity contribution in [1.29, 1.82) is 0 Å². The summed E-state index contributed by atoms with van der Waals surface area (Å²) in [5.41, 5.74) is -7.17. The summed E-state index contributed by atoms with van der Waals surface area (Å²) in [6.45, 7) is 10.00. The Labute approximate surface area is 470 Å². The van der Waals surface area contributed by atoms with Gasteiger partial charge in [-0.05, 0) is 81.2 Å². The predicted octanol–water partition coefficient (Wildman–Crippen LogP) is 8.81. The fourth-order valence-corrected chi connectivity index (χ4v) is 12.8. The van der Waals surface area contributed by atoms with Crippen LogP contribution in [0.1, 0.15) is 173 Å². The molecule has 2 bridgehead atoms. The van der Waals surface area contributed by atoms with Gasteiger partial charge in [0.1, 0.15) is 36.6 Å². The topological polar surface area (TPSA) is 249 Å². The van der Waals surface area contributed by atoms with Crippen molar-refractivity contribution in [3.63, 3.8) is 0 Å². The van der Waals surface area contributed by atoms with Gasteiger partial charge in [-0.25, -0.2) is 9.59 Å². The molecular formula is C62H85NO17. The first-order valence-corrected chi connectivity index (χ1v) is 28.9. The lowest BCUT2D eigenvalue weighted by atomic mass is 9.44. The van der Waals surface area contributed by atoms with Gasteiger partial charge in [0.15, 0.2) is 23.8 Å². The molecule has 2 aromatic carbocycles. The van der Waals surface area contributed by atoms with Gasteiger partial charge in [0.25, 0.3) is 5.91 Å². The summed E-state index contributed by atoms with van der Waals surface area (Å²) in [5, 5.41) is 41.0. The number of aliphatic hydroxyl groups is 3. The monoisotopic (exact) mass is 1120 g/mol. The summed E-state index contributed by atoms with van der Waals surface area (Å²) in [5.74, 6) is -5.97. The summed E-state index contributed by atoms with van der Waals surface area (Å²) in [7, 11) is 0. The highest BCUT2D eigenvalue weighted by molar-refractivity contribution is 5.96. The maximum Gasteiger partial charge on any atom is 0.509 e. The number of ether oxygens (including phenoxy) is 8. The predicted molar refractivity (Wildman–Crippen MR) is 292 cm³/mol. The number of benzene rings is 2. The number of unbranched alkanes of at least 4 members (excludes halogenated alkanes) is 11. The molecule has 2 saturated heterocycles. The summed E-state index contributed by atoms with van der Waals surface area (Å²) in [6, 6.07) is 15.0. The van der Waals surface area contributed by atoms with Crippen LogP contribution in [-0.4, -0.2) is 131 Å². The third kappa shape index (κ3) is 13.7. The lowest BCUT2D eigenvalue weighted by molar-refractivity contribution is -0.346. The number of Topliss-reactive ketones (excluding diaryl/α,β-unsaturated/α-hetero) is 1. The molecule has 0 aromatic heterocycles. The van der Waals surface area contributed by atoms with E-state index in [1.165, 1.54) is 52.4 Å². The van der Waals surface area contributed by atoms with Crippen LogP contribution in [0.25, 0.3) is 0 Å². The molecule has 2 unspecified atom stereocenters. The summed E-state index contributed by atoms with van der Waals surface area (Å²) in [6.07, 6.45) is 7.52. The van der Waals surface area contributed by atoms with Crippen molar-refractivity contribution < 1.29 is 82.0 Å². The second-order valence-electron chi connectivity index (χ2n) is 23.2. The third-order valence-electron chi connectivity index (χ3n) is 17.4. The molecule has 18 heteroatoms. The average Bonchev–Trinajstić information content (AvgIpc) is 3.97. The molecule has 1 amide bonds. The SMILES string of the molecule is CCCCCCCC/C=C\CCCCCCCC1OC[C@H](COC(=O)O[C@@H](C(=O)O[C@H]2C[C@@]3(O)[C@@H](O)C4[C@](C)(C(=O)[C@H](OC(C)=O)C(=C2C)C3(C)C)[C@@H](O)C[C@H]2OC[C@@]42OC(C)=O)[C@@H](NC(=O)c2ccccc2)c2ccccc2)O1. The number of rotatable bonds is 26. The molecule has 7 rings (SSSR count). The molecule has 2 heterocycles. The quantitative estimate of drug-likeness (QED) is 0.0297. The van der Waals surface area contributed by atoms with Gasteiger partial charge in [-0.1, -0.05) is 133 Å². The maximum absolute atomic E-state index is 15.4. The van der Waals surface area contributed by atoms with E-state index in [1.54, 1.807) is 74.5 Å². The van der Waals surface area contributed by atoms with Crippen LogP contribution in [0.2, 0.25) is 0 Å². The van der Waals surface area contributed by atoms with E-state index in [9.17, 15) is 34.5 Å². The van der Waals surface area contributed by atoms with Gasteiger partial charge in [-0.3, -0.25) is 19.2 Å². The highest BCUT2D eigenvalue weighted by Crippen LogP contribution is 2.63. The summed E-state index contributed by atoms with van der Waals surface area (Å²) in [4.78, 5) is 84.3. The molecular weight excluding hydrogens is 1030 g/mol. The van der Waals surface area contributed by atoms with Gasteiger partial charge in [-0.2, -0.15) is 0 Å². The standard InChI is InChI=1S/C62H85NO17/c1-8-9-10-11-12-13-14-15-16-17-18-19-20-21-28-33-48-73-36-44(77-48)37-74-58(71)79-52(50(42-29-24-22-25-30-42)63-56(69)43-31-26-23-27-32-43)57(70)78-45-35-62(72)55(68)53-60(7,46(66)34-47-61(53,38-75-47)80-41(4)65)54(67)51(76-40(3)64)49(39(45)2)59(62,5)6/h15-16,22-27,29-32,44-48,50-53,55,66,68,72H,8-14,17-21,28,33-38H2,1-7H3,(H,63,69)/b16-15-/t44-,45+,46+,47-,48?,50+,51-,52-,53?,55+,60-,61+,62-/m1/s1. The normalized spacial score (nSPS) is 30.4. The lowest BCUT2D eigenvalue weighted by Crippen LogP contribution is -2.81. The van der Waals surface area contributed by atoms with Gasteiger partial charge < -0.3 is 58.5 Å². The van der Waals surface area contributed by atoms with Crippen LogP contribution in [0.15, 0.2) is 84.0 Å². The number of hydrogen-bond acceptors (Lipinski definition) is 17. The maximum atomic E-state index is 15.4. The number of carbonyl (C=O) groups excluding carboxylic acids is 6. The fourth-order valence-electron chi connectivity index (χ4n) is 12.8. The number of fused-ring (bicyclic) bond motifs is 5. The number of ketones is 1. The molecule has 3 aliphatic carbocycles. The minimum atomic E-state index is -2.41. The first kappa shape index (κ1) is 62.1. The Morgan fingerprint density at radius 2 is 1.44 bits per heavy atom. The molecule has 5 aliphatic rings. The van der Waals surface area contributed by atoms with Crippen molar-refractivity contribution in [2.75, 3.05) is 19.8 Å². The van der Waals surface area contributed by atoms with E-state index in [1.807, 2.05) is 0 Å². The van der Waals surface area contributed by atoms with Gasteiger partial charge in [-0.15, -0.1) is 0 Å². The molecule has 2 aliphatic heterocycles. The van der Waals surface area contributed by atoms with Gasteiger partial charge in [0.2, 0.25) is 6.10 Å². The minimum absolute atomic E-state index is 0.0214. The third-order valence-corrected chi connectivity index (χ3v) is 17.4. The Morgan fingerprint density at radius 1 is 0.812 bits per heavy atom. The van der Waals surface area contributed by atoms with E-state index in [-0.39, 0.29) is 43.0 Å². The number of hydrogen-bond donors (Lipinski definition) is 4. The van der Waals surface area contributed by atoms with Gasteiger partial charge in [0.05, 0.1) is 30.8 Å². The van der Waals surface area contributed by atoms with Crippen LogP contribution in [0.3, 0.4) is 0 Å². The van der Waals surface area contributed by atoms with Crippen molar-refractivity contribution >= 4 is 35.8 Å². The van der Waals surface area contributed by atoms with Crippen LogP contribution in [0.4, 0.5) is 4.79 Å². The number of nitrogens with one attached hydrogen (secondary N) is 1. The zero-order valence-corrected chi connectivity index (χ0v) is 47.7. The number of esters is 3. The second kappa shape index (κ2) is 27.5. The van der Waals surface area contributed by atoms with Crippen LogP contribution in [0.5, 0.6) is 0 Å². The molecule has 4 fully saturated rings. The number of aliphatic hydroxyl groups excluding tert-OH is 2. The lowest BCUT2D eigenvalue weighted by Gasteiger charge is -2.67. The van der Waals surface area contributed by atoms with Crippen LogP contribution >= 0.6 is 0 Å². The van der Waals surface area contributed by atoms with E-state index < -0.39 is 125 Å². The number of carbonyl (C=O) groups is 6. The Bertz CT molecular complexity index is 2520. The van der Waals surface area contributed by atoms with Crippen LogP contribution < -0.4 is 5.32 Å². The average molecular weight is 1120 g/mol. The fraction of sp³-hybridized carbons (Fsp3) is 0.645. The van der Waals surface area contributed by atoms with Gasteiger partial charge >= 0.3 is 24.1 Å². The molecule has 440 valence electrons. The van der Waals surface area contributed by atoms with E-state index in [4.69, 9.17) is 37.9 Å². The van der Waals surface area contributed by atoms with E-state index in [2.05, 4.69) is 24.4 Å². The van der Waals surface area contributed by atoms with Gasteiger partial charge in [0, 0.05) is 43.6 Å². The van der Waals surface area contributed by atoms with Crippen molar-refractivity contribution in [2.45, 2.75) is 217 Å². The van der Waals surface area contributed by atoms with Crippen molar-refractivity contribution in [3.8, 4) is 0 Å². The second-order valence-corrected chi connectivity index (χ2v) is 23.2. The molecule has 2 saturated carbocycles. The van der Waals surface area contributed by atoms with Crippen molar-refractivity contribution in [2.24, 2.45) is 16.7 Å². The zero-order chi connectivity index (χ0) is 57.8. The first-order valence-electron chi connectivity index (χ1n) is 28.9. The molecule has 2 aromatic rings. The minimum Gasteiger partial charge on any atom is -0.455 e. The Balaban J connectivity index is 1.09. The summed E-state index contributed by atoms with van der Waals surface area (Å²) >= 11 is 0. The Hall–Kier alpha value is -5.50. The van der Waals surface area contributed by atoms with Crippen LogP contribution in [0, 0.1) is 16.7 Å². The summed E-state index contributed by atoms with van der Waals surface area (Å²) < 4.78 is 47.3. The van der Waals surface area contributed by atoms with E-state index in [0.29, 0.717) is 12.0 Å². The number of allylic oxidation sites excluding steroid dienone is 2. The Kier molecular flexibility index (Phi) is 21.4. The van der Waals surface area contributed by atoms with Crippen molar-refractivity contribution in [1.82, 2.24) is 5.32 Å². The van der Waals surface area contributed by atoms with E-state index in [0.717, 1.165) is 58.8 Å². The highest BCUT2D eigenvalue weighted by atomic mass is 16.8. The molecule has 0 spiro atoms. The van der Waals surface area contributed by atoms with Crippen molar-refractivity contribution in [3.05, 3.63) is 95.1 Å². The molecule has 80 heavy (non-hydrogen) atoms. The zero-order valence-electron chi connectivity index (χ0n) is 47.7. The molecule has 18 nitrogen and oxygen atoms in total. The largest absolute Gasteiger partial charge is 0.509 e. The van der Waals surface area contributed by atoms with Crippen LogP contribution in [-0.2, 0) is 57.1 Å². The molecule has 13 atom stereocenters. The molecule has 4 N–H and O–H groups in total. The Morgan fingerprint density at radius 3 is 2.05 bits per heavy atom. The highest BCUT2D eigenvalue weighted by Gasteiger charge is 2.77.